The lowest BCUT2D eigenvalue weighted by Gasteiger charge is -2.09. The van der Waals surface area contributed by atoms with Crippen molar-refractivity contribution in [3.8, 4) is 0 Å². The van der Waals surface area contributed by atoms with E-state index in [-0.39, 0.29) is 16.9 Å². The van der Waals surface area contributed by atoms with Crippen molar-refractivity contribution in [1.29, 1.82) is 0 Å². The summed E-state index contributed by atoms with van der Waals surface area (Å²) < 4.78 is 5.09. The van der Waals surface area contributed by atoms with Crippen LogP contribution in [0.1, 0.15) is 26.3 Å². The largest absolute Gasteiger partial charge is 0.452 e. The lowest BCUT2D eigenvalue weighted by molar-refractivity contribution is -0.119. The van der Waals surface area contributed by atoms with E-state index in [1.54, 1.807) is 66.7 Å². The molecule has 0 aliphatic rings. The summed E-state index contributed by atoms with van der Waals surface area (Å²) in [4.78, 5) is 37.0. The molecular weight excluding hydrogens is 342 g/mol. The van der Waals surface area contributed by atoms with Crippen LogP contribution in [-0.4, -0.2) is 24.3 Å². The van der Waals surface area contributed by atoms with Crippen molar-refractivity contribution < 1.29 is 19.1 Å². The number of rotatable bonds is 6. The van der Waals surface area contributed by atoms with E-state index in [0.717, 1.165) is 0 Å². The van der Waals surface area contributed by atoms with Crippen LogP contribution in [0.3, 0.4) is 0 Å². The summed E-state index contributed by atoms with van der Waals surface area (Å²) in [6.45, 7) is -0.443. The van der Waals surface area contributed by atoms with Gasteiger partial charge >= 0.3 is 5.97 Å². The average Bonchev–Trinajstić information content (AvgIpc) is 2.73. The Balaban J connectivity index is 1.68. The fourth-order valence-corrected chi connectivity index (χ4v) is 2.53. The molecule has 0 spiro atoms. The van der Waals surface area contributed by atoms with Gasteiger partial charge < -0.3 is 10.1 Å². The molecule has 0 unspecified atom stereocenters. The van der Waals surface area contributed by atoms with Crippen molar-refractivity contribution in [2.24, 2.45) is 0 Å². The maximum Gasteiger partial charge on any atom is 0.339 e. The zero-order valence-corrected chi connectivity index (χ0v) is 14.4. The van der Waals surface area contributed by atoms with Crippen LogP contribution in [0, 0.1) is 0 Å². The molecule has 1 N–H and O–H groups in total. The molecule has 0 aromatic heterocycles. The van der Waals surface area contributed by atoms with Crippen molar-refractivity contribution in [2.75, 3.05) is 11.9 Å². The van der Waals surface area contributed by atoms with E-state index in [2.05, 4.69) is 5.32 Å². The Kier molecular flexibility index (Phi) is 5.74. The van der Waals surface area contributed by atoms with E-state index in [4.69, 9.17) is 4.74 Å². The van der Waals surface area contributed by atoms with Crippen LogP contribution in [-0.2, 0) is 9.53 Å². The van der Waals surface area contributed by atoms with Crippen LogP contribution in [0.25, 0.3) is 0 Å². The second-order valence-corrected chi connectivity index (χ2v) is 5.73. The first-order valence-electron chi connectivity index (χ1n) is 8.36. The zero-order chi connectivity index (χ0) is 19.1. The van der Waals surface area contributed by atoms with Gasteiger partial charge in [0.15, 0.2) is 12.4 Å². The second kappa shape index (κ2) is 8.58. The summed E-state index contributed by atoms with van der Waals surface area (Å²) in [6.07, 6.45) is 0. The quantitative estimate of drug-likeness (QED) is 0.538. The molecule has 5 nitrogen and oxygen atoms in total. The van der Waals surface area contributed by atoms with E-state index in [0.29, 0.717) is 11.3 Å². The summed E-state index contributed by atoms with van der Waals surface area (Å²) in [6, 6.07) is 23.9. The third kappa shape index (κ3) is 4.67. The maximum absolute atomic E-state index is 12.7. The molecule has 3 aromatic rings. The number of carbonyl (C=O) groups excluding carboxylic acids is 3. The van der Waals surface area contributed by atoms with E-state index >= 15 is 0 Å². The SMILES string of the molecule is O=C(COC(=O)c1ccccc1C(=O)c1ccccc1)Nc1ccccc1. The highest BCUT2D eigenvalue weighted by Gasteiger charge is 2.19. The number of benzene rings is 3. The molecule has 27 heavy (non-hydrogen) atoms. The number of ketones is 1. The number of para-hydroxylation sites is 1. The Morgan fingerprint density at radius 3 is 1.93 bits per heavy atom. The highest BCUT2D eigenvalue weighted by molar-refractivity contribution is 6.14. The van der Waals surface area contributed by atoms with Gasteiger partial charge in [-0.2, -0.15) is 0 Å². The first-order chi connectivity index (χ1) is 13.1. The number of ether oxygens (including phenoxy) is 1. The molecule has 0 saturated heterocycles. The molecule has 0 heterocycles. The van der Waals surface area contributed by atoms with Crippen molar-refractivity contribution >= 4 is 23.3 Å². The van der Waals surface area contributed by atoms with Crippen molar-refractivity contribution in [3.05, 3.63) is 102 Å². The number of hydrogen-bond acceptors (Lipinski definition) is 4. The highest BCUT2D eigenvalue weighted by atomic mass is 16.5. The van der Waals surface area contributed by atoms with Crippen LogP contribution in [0.5, 0.6) is 0 Å². The third-order valence-corrected chi connectivity index (χ3v) is 3.82. The van der Waals surface area contributed by atoms with E-state index in [1.165, 1.54) is 6.07 Å². The van der Waals surface area contributed by atoms with E-state index < -0.39 is 18.5 Å². The van der Waals surface area contributed by atoms with Gasteiger partial charge in [0.25, 0.3) is 5.91 Å². The van der Waals surface area contributed by atoms with E-state index in [1.807, 2.05) is 12.1 Å². The number of hydrogen-bond donors (Lipinski definition) is 1. The van der Waals surface area contributed by atoms with E-state index in [9.17, 15) is 14.4 Å². The number of anilines is 1. The lowest BCUT2D eigenvalue weighted by Crippen LogP contribution is -2.22. The Morgan fingerprint density at radius 2 is 1.26 bits per heavy atom. The minimum Gasteiger partial charge on any atom is -0.452 e. The van der Waals surface area contributed by atoms with Crippen molar-refractivity contribution in [1.82, 2.24) is 0 Å². The minimum absolute atomic E-state index is 0.124. The van der Waals surface area contributed by atoms with Crippen LogP contribution in [0.4, 0.5) is 5.69 Å². The maximum atomic E-state index is 12.7. The minimum atomic E-state index is -0.724. The molecule has 1 amide bonds. The van der Waals surface area contributed by atoms with Gasteiger partial charge in [-0.15, -0.1) is 0 Å². The average molecular weight is 359 g/mol. The zero-order valence-electron chi connectivity index (χ0n) is 14.4. The number of esters is 1. The van der Waals surface area contributed by atoms with Gasteiger partial charge in [-0.05, 0) is 18.2 Å². The monoisotopic (exact) mass is 359 g/mol. The molecule has 0 radical (unpaired) electrons. The van der Waals surface area contributed by atoms with Gasteiger partial charge in [-0.3, -0.25) is 9.59 Å². The van der Waals surface area contributed by atoms with Crippen LogP contribution in [0.2, 0.25) is 0 Å². The van der Waals surface area contributed by atoms with Crippen molar-refractivity contribution in [2.45, 2.75) is 0 Å². The normalized spacial score (nSPS) is 10.1. The number of nitrogens with one attached hydrogen (secondary N) is 1. The van der Waals surface area contributed by atoms with Crippen molar-refractivity contribution in [3.63, 3.8) is 0 Å². The molecule has 3 rings (SSSR count). The standard InChI is InChI=1S/C22H17NO4/c24-20(23-17-11-5-2-6-12-17)15-27-22(26)19-14-8-7-13-18(19)21(25)16-9-3-1-4-10-16/h1-14H,15H2,(H,23,24). The Bertz CT molecular complexity index is 952. The van der Waals surface area contributed by atoms with Crippen LogP contribution in [0.15, 0.2) is 84.9 Å². The molecule has 0 saturated carbocycles. The molecule has 0 fully saturated rings. The fourth-order valence-electron chi connectivity index (χ4n) is 2.53. The number of carbonyl (C=O) groups is 3. The molecule has 0 aliphatic heterocycles. The second-order valence-electron chi connectivity index (χ2n) is 5.73. The summed E-state index contributed by atoms with van der Waals surface area (Å²) in [7, 11) is 0. The Labute approximate surface area is 156 Å². The first-order valence-corrected chi connectivity index (χ1v) is 8.36. The molecular formula is C22H17NO4. The highest BCUT2D eigenvalue weighted by Crippen LogP contribution is 2.16. The molecule has 0 bridgehead atoms. The molecule has 3 aromatic carbocycles. The molecule has 0 aliphatic carbocycles. The van der Waals surface area contributed by atoms with Crippen LogP contribution < -0.4 is 5.32 Å². The molecule has 5 heteroatoms. The topological polar surface area (TPSA) is 72.5 Å². The smallest absolute Gasteiger partial charge is 0.339 e. The van der Waals surface area contributed by atoms with Gasteiger partial charge in [0, 0.05) is 16.8 Å². The van der Waals surface area contributed by atoms with Gasteiger partial charge in [-0.1, -0.05) is 66.7 Å². The van der Waals surface area contributed by atoms with Gasteiger partial charge in [0.2, 0.25) is 0 Å². The van der Waals surface area contributed by atoms with Gasteiger partial charge in [0.1, 0.15) is 0 Å². The summed E-state index contributed by atoms with van der Waals surface area (Å²) in [5.41, 5.74) is 1.44. The van der Waals surface area contributed by atoms with Gasteiger partial charge in [-0.25, -0.2) is 4.79 Å². The Hall–Kier alpha value is -3.73. The summed E-state index contributed by atoms with van der Waals surface area (Å²) in [5, 5.41) is 2.63. The predicted molar refractivity (Wildman–Crippen MR) is 102 cm³/mol. The third-order valence-electron chi connectivity index (χ3n) is 3.82. The molecule has 0 atom stereocenters. The number of amides is 1. The Morgan fingerprint density at radius 1 is 0.704 bits per heavy atom. The fraction of sp³-hybridized carbons (Fsp3) is 0.0455. The first kappa shape index (κ1) is 18.1. The summed E-state index contributed by atoms with van der Waals surface area (Å²) in [5.74, 6) is -1.46. The molecule has 134 valence electrons. The van der Waals surface area contributed by atoms with Crippen LogP contribution >= 0.6 is 0 Å². The predicted octanol–water partition coefficient (Wildman–Crippen LogP) is 3.71. The lowest BCUT2D eigenvalue weighted by atomic mass is 9.98. The summed E-state index contributed by atoms with van der Waals surface area (Å²) >= 11 is 0. The van der Waals surface area contributed by atoms with Gasteiger partial charge in [0.05, 0.1) is 5.56 Å².